The summed E-state index contributed by atoms with van der Waals surface area (Å²) >= 11 is 0. The van der Waals surface area contributed by atoms with Gasteiger partial charge in [-0.05, 0) is 43.1 Å². The Balaban J connectivity index is 2.23. The van der Waals surface area contributed by atoms with E-state index in [4.69, 9.17) is 4.42 Å². The molecule has 0 atom stereocenters. The van der Waals surface area contributed by atoms with E-state index < -0.39 is 0 Å². The second-order valence-electron chi connectivity index (χ2n) is 4.72. The lowest BCUT2D eigenvalue weighted by molar-refractivity contribution is 0.580. The molecule has 0 unspecified atom stereocenters. The highest BCUT2D eigenvalue weighted by molar-refractivity contribution is 5.83. The summed E-state index contributed by atoms with van der Waals surface area (Å²) in [6, 6.07) is 3.52. The van der Waals surface area contributed by atoms with Gasteiger partial charge < -0.3 is 9.73 Å². The van der Waals surface area contributed by atoms with Gasteiger partial charge in [-0.25, -0.2) is 4.39 Å². The van der Waals surface area contributed by atoms with E-state index in [9.17, 15) is 4.39 Å². The Labute approximate surface area is 101 Å². The molecule has 1 aromatic carbocycles. The third-order valence-corrected chi connectivity index (χ3v) is 2.85. The summed E-state index contributed by atoms with van der Waals surface area (Å²) in [6.45, 7) is 6.96. The monoisotopic (exact) mass is 235 g/mol. The second-order valence-corrected chi connectivity index (χ2v) is 4.72. The largest absolute Gasteiger partial charge is 0.464 e. The predicted octanol–water partition coefficient (Wildman–Crippen LogP) is 3.42. The zero-order valence-corrected chi connectivity index (χ0v) is 10.5. The van der Waals surface area contributed by atoms with Crippen molar-refractivity contribution in [1.82, 2.24) is 5.32 Å². The van der Waals surface area contributed by atoms with Gasteiger partial charge >= 0.3 is 0 Å². The Morgan fingerprint density at radius 3 is 2.82 bits per heavy atom. The molecular weight excluding hydrogens is 217 g/mol. The lowest BCUT2D eigenvalue weighted by Crippen LogP contribution is -2.24. The summed E-state index contributed by atoms with van der Waals surface area (Å²) in [5, 5.41) is 4.24. The molecule has 1 heterocycles. The van der Waals surface area contributed by atoms with Gasteiger partial charge in [0, 0.05) is 11.4 Å². The van der Waals surface area contributed by atoms with Crippen LogP contribution in [-0.2, 0) is 6.42 Å². The maximum absolute atomic E-state index is 13.3. The molecule has 0 radical (unpaired) electrons. The number of hydrogen-bond donors (Lipinski definition) is 1. The van der Waals surface area contributed by atoms with Gasteiger partial charge in [0.15, 0.2) is 0 Å². The zero-order valence-electron chi connectivity index (χ0n) is 10.5. The number of aryl methyl sites for hydroxylation is 1. The van der Waals surface area contributed by atoms with E-state index in [1.165, 1.54) is 6.07 Å². The zero-order chi connectivity index (χ0) is 12.4. The van der Waals surface area contributed by atoms with Crippen molar-refractivity contribution < 1.29 is 8.81 Å². The molecule has 2 aromatic rings. The summed E-state index contributed by atoms with van der Waals surface area (Å²) in [5.74, 6) is -0.200. The first kappa shape index (κ1) is 12.1. The predicted molar refractivity (Wildman–Crippen MR) is 67.8 cm³/mol. The van der Waals surface area contributed by atoms with Crippen molar-refractivity contribution in [2.75, 3.05) is 6.54 Å². The van der Waals surface area contributed by atoms with Crippen LogP contribution in [0.4, 0.5) is 4.39 Å². The summed E-state index contributed by atoms with van der Waals surface area (Å²) in [4.78, 5) is 0. The highest BCUT2D eigenvalue weighted by Gasteiger charge is 2.09. The number of furan rings is 1. The smallest absolute Gasteiger partial charge is 0.137 e. The van der Waals surface area contributed by atoms with Crippen LogP contribution in [0, 0.1) is 12.7 Å². The maximum Gasteiger partial charge on any atom is 0.137 e. The van der Waals surface area contributed by atoms with Crippen molar-refractivity contribution in [2.24, 2.45) is 0 Å². The normalized spacial score (nSPS) is 11.6. The van der Waals surface area contributed by atoms with Crippen LogP contribution in [0.2, 0.25) is 0 Å². The van der Waals surface area contributed by atoms with Crippen molar-refractivity contribution >= 4 is 11.0 Å². The minimum Gasteiger partial charge on any atom is -0.464 e. The highest BCUT2D eigenvalue weighted by Crippen LogP contribution is 2.25. The van der Waals surface area contributed by atoms with E-state index in [-0.39, 0.29) is 5.82 Å². The summed E-state index contributed by atoms with van der Waals surface area (Å²) in [7, 11) is 0. The molecule has 2 rings (SSSR count). The first-order valence-electron chi connectivity index (χ1n) is 5.97. The molecule has 0 spiro atoms. The fourth-order valence-corrected chi connectivity index (χ4v) is 2.01. The van der Waals surface area contributed by atoms with Crippen LogP contribution in [0.25, 0.3) is 11.0 Å². The molecule has 17 heavy (non-hydrogen) atoms. The van der Waals surface area contributed by atoms with Gasteiger partial charge in [-0.15, -0.1) is 0 Å². The summed E-state index contributed by atoms with van der Waals surface area (Å²) in [6.07, 6.45) is 2.59. The highest BCUT2D eigenvalue weighted by atomic mass is 19.1. The molecular formula is C14H18FNO. The topological polar surface area (TPSA) is 25.2 Å². The Kier molecular flexibility index (Phi) is 3.48. The summed E-state index contributed by atoms with van der Waals surface area (Å²) in [5.41, 5.74) is 2.71. The molecule has 1 aromatic heterocycles. The molecule has 0 aliphatic carbocycles. The fourth-order valence-electron chi connectivity index (χ4n) is 2.01. The number of hydrogen-bond acceptors (Lipinski definition) is 2. The number of fused-ring (bicyclic) bond motifs is 1. The minimum absolute atomic E-state index is 0.200. The van der Waals surface area contributed by atoms with E-state index in [0.29, 0.717) is 6.04 Å². The van der Waals surface area contributed by atoms with Crippen molar-refractivity contribution in [3.63, 3.8) is 0 Å². The van der Waals surface area contributed by atoms with Crippen LogP contribution in [0.1, 0.15) is 25.0 Å². The molecule has 0 fully saturated rings. The minimum atomic E-state index is -0.200. The van der Waals surface area contributed by atoms with Crippen molar-refractivity contribution in [1.29, 1.82) is 0 Å². The first-order valence-corrected chi connectivity index (χ1v) is 5.97. The number of halogens is 1. The Hall–Kier alpha value is -1.35. The van der Waals surface area contributed by atoms with E-state index in [0.717, 1.165) is 35.1 Å². The number of nitrogens with one attached hydrogen (secondary N) is 1. The molecule has 2 nitrogen and oxygen atoms in total. The Morgan fingerprint density at radius 1 is 1.35 bits per heavy atom. The molecule has 0 saturated carbocycles. The number of rotatable bonds is 4. The van der Waals surface area contributed by atoms with Crippen molar-refractivity contribution in [3.8, 4) is 0 Å². The van der Waals surface area contributed by atoms with Crippen LogP contribution in [-0.4, -0.2) is 12.6 Å². The molecule has 0 saturated heterocycles. The van der Waals surface area contributed by atoms with Gasteiger partial charge in [-0.2, -0.15) is 0 Å². The Bertz CT molecular complexity index is 516. The molecule has 1 N–H and O–H groups in total. The maximum atomic E-state index is 13.3. The van der Waals surface area contributed by atoms with E-state index in [1.54, 1.807) is 12.3 Å². The second kappa shape index (κ2) is 4.88. The van der Waals surface area contributed by atoms with E-state index in [1.807, 2.05) is 6.92 Å². The Morgan fingerprint density at radius 2 is 2.12 bits per heavy atom. The first-order chi connectivity index (χ1) is 8.08. The van der Waals surface area contributed by atoms with Gasteiger partial charge in [0.2, 0.25) is 0 Å². The average Bonchev–Trinajstić information content (AvgIpc) is 2.61. The van der Waals surface area contributed by atoms with Crippen molar-refractivity contribution in [3.05, 3.63) is 35.3 Å². The molecule has 0 aliphatic heterocycles. The lowest BCUT2D eigenvalue weighted by atomic mass is 10.1. The standard InChI is InChI=1S/C14H18FNO/c1-9(2)16-5-4-11-8-17-14-10(3)6-12(15)7-13(11)14/h6-9,16H,4-5H2,1-3H3. The van der Waals surface area contributed by atoms with Gasteiger partial charge in [0.25, 0.3) is 0 Å². The molecule has 0 bridgehead atoms. The van der Waals surface area contributed by atoms with E-state index >= 15 is 0 Å². The van der Waals surface area contributed by atoms with Gasteiger partial charge in [-0.1, -0.05) is 13.8 Å². The molecule has 0 aliphatic rings. The SMILES string of the molecule is Cc1cc(F)cc2c(CCNC(C)C)coc12. The molecule has 0 amide bonds. The van der Waals surface area contributed by atoms with Crippen LogP contribution in [0.3, 0.4) is 0 Å². The van der Waals surface area contributed by atoms with Gasteiger partial charge in [-0.3, -0.25) is 0 Å². The third-order valence-electron chi connectivity index (χ3n) is 2.85. The molecule has 92 valence electrons. The van der Waals surface area contributed by atoms with Crippen molar-refractivity contribution in [2.45, 2.75) is 33.2 Å². The van der Waals surface area contributed by atoms with Crippen LogP contribution >= 0.6 is 0 Å². The quantitative estimate of drug-likeness (QED) is 0.878. The average molecular weight is 235 g/mol. The van der Waals surface area contributed by atoms with Gasteiger partial charge in [0.1, 0.15) is 11.4 Å². The van der Waals surface area contributed by atoms with E-state index in [2.05, 4.69) is 19.2 Å². The summed E-state index contributed by atoms with van der Waals surface area (Å²) < 4.78 is 18.8. The lowest BCUT2D eigenvalue weighted by Gasteiger charge is -2.06. The van der Waals surface area contributed by atoms with Crippen LogP contribution in [0.15, 0.2) is 22.8 Å². The number of benzene rings is 1. The van der Waals surface area contributed by atoms with Crippen LogP contribution in [0.5, 0.6) is 0 Å². The van der Waals surface area contributed by atoms with Crippen LogP contribution < -0.4 is 5.32 Å². The van der Waals surface area contributed by atoms with Gasteiger partial charge in [0.05, 0.1) is 6.26 Å². The fraction of sp³-hybridized carbons (Fsp3) is 0.429. The molecule has 3 heteroatoms. The third kappa shape index (κ3) is 2.67.